The first-order valence-corrected chi connectivity index (χ1v) is 6.07. The molecule has 8 heteroatoms. The summed E-state index contributed by atoms with van der Waals surface area (Å²) >= 11 is 0. The van der Waals surface area contributed by atoms with Gasteiger partial charge in [0.2, 0.25) is 0 Å². The van der Waals surface area contributed by atoms with Gasteiger partial charge in [0.15, 0.2) is 0 Å². The quantitative estimate of drug-likeness (QED) is 0.641. The number of esters is 2. The van der Waals surface area contributed by atoms with E-state index in [-0.39, 0.29) is 17.1 Å². The van der Waals surface area contributed by atoms with Gasteiger partial charge in [-0.1, -0.05) is 6.07 Å². The highest BCUT2D eigenvalue weighted by molar-refractivity contribution is 5.99. The Labute approximate surface area is 125 Å². The second-order valence-electron chi connectivity index (χ2n) is 4.08. The largest absolute Gasteiger partial charge is 0.466 e. The lowest BCUT2D eigenvalue weighted by atomic mass is 10.2. The van der Waals surface area contributed by atoms with E-state index in [9.17, 15) is 18.4 Å². The van der Waals surface area contributed by atoms with Crippen molar-refractivity contribution in [2.24, 2.45) is 0 Å². The Balaban J connectivity index is 3.15. The summed E-state index contributed by atoms with van der Waals surface area (Å²) in [7, 11) is 2.24. The topological polar surface area (TPSA) is 73.9 Å². The highest BCUT2D eigenvalue weighted by atomic mass is 19.3. The van der Waals surface area contributed by atoms with Crippen LogP contribution >= 0.6 is 0 Å². The van der Waals surface area contributed by atoms with Crippen LogP contribution in [0.2, 0.25) is 0 Å². The number of aryl methyl sites for hydroxylation is 1. The fourth-order valence-corrected chi connectivity index (χ4v) is 1.50. The summed E-state index contributed by atoms with van der Waals surface area (Å²) in [5.74, 6) is -1.85. The molecule has 0 fully saturated rings. The highest BCUT2D eigenvalue weighted by Crippen LogP contribution is 2.28. The van der Waals surface area contributed by atoms with Crippen molar-refractivity contribution < 1.29 is 32.6 Å². The highest BCUT2D eigenvalue weighted by Gasteiger charge is 2.16. The van der Waals surface area contributed by atoms with Gasteiger partial charge < -0.3 is 19.5 Å². The molecule has 0 bridgehead atoms. The molecule has 1 aromatic carbocycles. The predicted octanol–water partition coefficient (Wildman–Crippen LogP) is 2.24. The standard InChI is InChI=1S/C14H15F2NO5/c1-8-4-5-9(11(6-8)22-14(15)16)17-10(13(19)21-3)7-12(18)20-2/h4-7,14,17H,1-3H3/b10-7+. The first kappa shape index (κ1) is 17.4. The molecule has 0 aromatic heterocycles. The minimum atomic E-state index is -3.03. The Morgan fingerprint density at radius 3 is 2.45 bits per heavy atom. The van der Waals surface area contributed by atoms with Gasteiger partial charge in [-0.3, -0.25) is 0 Å². The molecule has 0 radical (unpaired) electrons. The lowest BCUT2D eigenvalue weighted by molar-refractivity contribution is -0.138. The maximum atomic E-state index is 12.4. The molecule has 0 saturated heterocycles. The van der Waals surface area contributed by atoms with Gasteiger partial charge in [-0.25, -0.2) is 9.59 Å². The number of alkyl halides is 2. The summed E-state index contributed by atoms with van der Waals surface area (Å²) in [4.78, 5) is 22.9. The predicted molar refractivity (Wildman–Crippen MR) is 73.5 cm³/mol. The normalized spacial score (nSPS) is 11.1. The van der Waals surface area contributed by atoms with E-state index < -0.39 is 18.6 Å². The van der Waals surface area contributed by atoms with Gasteiger partial charge in [-0.15, -0.1) is 0 Å². The molecule has 0 amide bonds. The fraction of sp³-hybridized carbons (Fsp3) is 0.286. The molecule has 1 rings (SSSR count). The first-order valence-electron chi connectivity index (χ1n) is 6.07. The number of carbonyl (C=O) groups is 2. The van der Waals surface area contributed by atoms with E-state index in [1.54, 1.807) is 13.0 Å². The van der Waals surface area contributed by atoms with Crippen LogP contribution in [-0.4, -0.2) is 32.8 Å². The minimum Gasteiger partial charge on any atom is -0.466 e. The Bertz CT molecular complexity index is 587. The van der Waals surface area contributed by atoms with Crippen LogP contribution in [0.15, 0.2) is 30.0 Å². The van der Waals surface area contributed by atoms with E-state index in [1.807, 2.05) is 0 Å². The molecule has 0 aliphatic heterocycles. The van der Waals surface area contributed by atoms with E-state index in [0.717, 1.165) is 20.3 Å². The van der Waals surface area contributed by atoms with Crippen molar-refractivity contribution in [1.29, 1.82) is 0 Å². The van der Waals surface area contributed by atoms with Crippen molar-refractivity contribution in [1.82, 2.24) is 0 Å². The fourth-order valence-electron chi connectivity index (χ4n) is 1.50. The van der Waals surface area contributed by atoms with Crippen LogP contribution in [-0.2, 0) is 19.1 Å². The number of rotatable bonds is 6. The summed E-state index contributed by atoms with van der Waals surface area (Å²) in [5.41, 5.74) is 0.474. The van der Waals surface area contributed by atoms with E-state index in [0.29, 0.717) is 5.56 Å². The second-order valence-corrected chi connectivity index (χ2v) is 4.08. The number of hydrogen-bond donors (Lipinski definition) is 1. The molecule has 0 atom stereocenters. The van der Waals surface area contributed by atoms with E-state index in [4.69, 9.17) is 0 Å². The molecular formula is C14H15F2NO5. The molecule has 0 heterocycles. The third-order valence-corrected chi connectivity index (χ3v) is 2.49. The average molecular weight is 315 g/mol. The summed E-state index contributed by atoms with van der Waals surface area (Å²) in [6.07, 6.45) is 0.845. The molecule has 22 heavy (non-hydrogen) atoms. The number of benzene rings is 1. The number of halogens is 2. The van der Waals surface area contributed by atoms with E-state index >= 15 is 0 Å². The first-order chi connectivity index (χ1) is 10.4. The number of carbonyl (C=O) groups excluding carboxylic acids is 2. The van der Waals surface area contributed by atoms with Gasteiger partial charge in [0.05, 0.1) is 26.0 Å². The third-order valence-electron chi connectivity index (χ3n) is 2.49. The second kappa shape index (κ2) is 7.96. The molecule has 0 aliphatic rings. The van der Waals surface area contributed by atoms with Crippen LogP contribution in [0.25, 0.3) is 0 Å². The summed E-state index contributed by atoms with van der Waals surface area (Å²) < 4.78 is 38.2. The van der Waals surface area contributed by atoms with Crippen LogP contribution in [0.5, 0.6) is 5.75 Å². The number of nitrogens with one attached hydrogen (secondary N) is 1. The number of hydrogen-bond acceptors (Lipinski definition) is 6. The number of ether oxygens (including phenoxy) is 3. The molecular weight excluding hydrogens is 300 g/mol. The van der Waals surface area contributed by atoms with Crippen LogP contribution in [0.1, 0.15) is 5.56 Å². The lowest BCUT2D eigenvalue weighted by Gasteiger charge is -2.14. The number of methoxy groups -OCH3 is 2. The summed E-state index contributed by atoms with van der Waals surface area (Å²) in [6, 6.07) is 4.41. The van der Waals surface area contributed by atoms with E-state index in [2.05, 4.69) is 19.5 Å². The summed E-state index contributed by atoms with van der Waals surface area (Å²) in [5, 5.41) is 2.52. The third kappa shape index (κ3) is 5.04. The van der Waals surface area contributed by atoms with Crippen LogP contribution in [0.4, 0.5) is 14.5 Å². The van der Waals surface area contributed by atoms with Crippen molar-refractivity contribution in [2.75, 3.05) is 19.5 Å². The minimum absolute atomic E-state index is 0.0754. The van der Waals surface area contributed by atoms with Gasteiger partial charge in [-0.05, 0) is 24.6 Å². The van der Waals surface area contributed by atoms with Gasteiger partial charge in [0.25, 0.3) is 0 Å². The zero-order chi connectivity index (χ0) is 16.7. The Morgan fingerprint density at radius 1 is 1.23 bits per heavy atom. The molecule has 0 unspecified atom stereocenters. The molecule has 120 valence electrons. The van der Waals surface area contributed by atoms with Gasteiger partial charge in [-0.2, -0.15) is 8.78 Å². The van der Waals surface area contributed by atoms with Gasteiger partial charge in [0.1, 0.15) is 11.4 Å². The maximum absolute atomic E-state index is 12.4. The van der Waals surface area contributed by atoms with Crippen molar-refractivity contribution in [3.63, 3.8) is 0 Å². The van der Waals surface area contributed by atoms with Crippen LogP contribution in [0, 0.1) is 6.92 Å². The van der Waals surface area contributed by atoms with Gasteiger partial charge >= 0.3 is 18.6 Å². The van der Waals surface area contributed by atoms with Crippen LogP contribution < -0.4 is 10.1 Å². The molecule has 0 saturated carbocycles. The zero-order valence-electron chi connectivity index (χ0n) is 12.2. The van der Waals surface area contributed by atoms with Crippen molar-refractivity contribution in [3.8, 4) is 5.75 Å². The van der Waals surface area contributed by atoms with Crippen molar-refractivity contribution >= 4 is 17.6 Å². The average Bonchev–Trinajstić information content (AvgIpc) is 2.47. The zero-order valence-corrected chi connectivity index (χ0v) is 12.2. The van der Waals surface area contributed by atoms with Crippen molar-refractivity contribution in [2.45, 2.75) is 13.5 Å². The molecule has 6 nitrogen and oxygen atoms in total. The van der Waals surface area contributed by atoms with Crippen molar-refractivity contribution in [3.05, 3.63) is 35.5 Å². The SMILES string of the molecule is COC(=O)/C=C(/Nc1ccc(C)cc1OC(F)F)C(=O)OC. The maximum Gasteiger partial charge on any atom is 0.387 e. The monoisotopic (exact) mass is 315 g/mol. The Kier molecular flexibility index (Phi) is 6.30. The van der Waals surface area contributed by atoms with E-state index in [1.165, 1.54) is 12.1 Å². The van der Waals surface area contributed by atoms with Crippen LogP contribution in [0.3, 0.4) is 0 Å². The summed E-state index contributed by atoms with van der Waals surface area (Å²) in [6.45, 7) is -1.35. The molecule has 0 spiro atoms. The lowest BCUT2D eigenvalue weighted by Crippen LogP contribution is -2.16. The Hall–Kier alpha value is -2.64. The Morgan fingerprint density at radius 2 is 1.91 bits per heavy atom. The molecule has 0 aliphatic carbocycles. The molecule has 1 N–H and O–H groups in total. The molecule has 1 aromatic rings. The van der Waals surface area contributed by atoms with Gasteiger partial charge in [0, 0.05) is 0 Å². The number of anilines is 1. The smallest absolute Gasteiger partial charge is 0.387 e.